The van der Waals surface area contributed by atoms with Crippen LogP contribution < -0.4 is 15.8 Å². The van der Waals surface area contributed by atoms with Gasteiger partial charge >= 0.3 is 0 Å². The number of nitrogens with two attached hydrogens (primary N) is 1. The van der Waals surface area contributed by atoms with Crippen LogP contribution in [0.4, 0.5) is 5.69 Å². The zero-order valence-corrected chi connectivity index (χ0v) is 15.5. The molecule has 2 aromatic rings. The summed E-state index contributed by atoms with van der Waals surface area (Å²) in [7, 11) is 0. The Morgan fingerprint density at radius 1 is 1.27 bits per heavy atom. The molecular weight excluding hydrogens is 356 g/mol. The molecule has 0 radical (unpaired) electrons. The lowest BCUT2D eigenvalue weighted by molar-refractivity contribution is -0.116. The lowest BCUT2D eigenvalue weighted by atomic mass is 10.1. The zero-order valence-electron chi connectivity index (χ0n) is 14.6. The third kappa shape index (κ3) is 5.71. The van der Waals surface area contributed by atoms with E-state index in [1.165, 1.54) is 12.8 Å². The number of hydrogen-bond acceptors (Lipinski definition) is 6. The van der Waals surface area contributed by atoms with E-state index in [4.69, 9.17) is 15.0 Å². The minimum Gasteiger partial charge on any atom is -0.492 e. The molecule has 0 saturated heterocycles. The van der Waals surface area contributed by atoms with Gasteiger partial charge in [-0.25, -0.2) is 0 Å². The fourth-order valence-electron chi connectivity index (χ4n) is 2.97. The van der Waals surface area contributed by atoms with Crippen LogP contribution in [0, 0.1) is 0 Å². The van der Waals surface area contributed by atoms with E-state index < -0.39 is 0 Å². The second-order valence-corrected chi connectivity index (χ2v) is 6.24. The average molecular weight is 381 g/mol. The number of rotatable bonds is 8. The fraction of sp³-hybridized carbons (Fsp3) is 0.500. The maximum absolute atomic E-state index is 12.1. The van der Waals surface area contributed by atoms with E-state index >= 15 is 0 Å². The van der Waals surface area contributed by atoms with Crippen molar-refractivity contribution in [3.05, 3.63) is 36.0 Å². The molecule has 0 atom stereocenters. The molecule has 1 heterocycles. The smallest absolute Gasteiger partial charge is 0.227 e. The number of nitrogens with one attached hydrogen (secondary N) is 1. The predicted molar refractivity (Wildman–Crippen MR) is 101 cm³/mol. The summed E-state index contributed by atoms with van der Waals surface area (Å²) in [6.45, 7) is 0.940. The maximum atomic E-state index is 12.1. The Bertz CT molecular complexity index is 684. The van der Waals surface area contributed by atoms with Gasteiger partial charge in [0.05, 0.1) is 0 Å². The molecule has 7 nitrogen and oxygen atoms in total. The molecule has 1 aromatic carbocycles. The molecule has 0 unspecified atom stereocenters. The number of amides is 1. The number of ether oxygens (including phenoxy) is 1. The first-order chi connectivity index (χ1) is 12.2. The first-order valence-electron chi connectivity index (χ1n) is 8.80. The van der Waals surface area contributed by atoms with Crippen molar-refractivity contribution >= 4 is 24.0 Å². The molecule has 0 spiro atoms. The Balaban J connectivity index is 0.00000243. The number of carbonyl (C=O) groups is 1. The first-order valence-corrected chi connectivity index (χ1v) is 8.80. The van der Waals surface area contributed by atoms with E-state index in [0.29, 0.717) is 37.8 Å². The van der Waals surface area contributed by atoms with Crippen LogP contribution in [0.3, 0.4) is 0 Å². The van der Waals surface area contributed by atoms with Gasteiger partial charge in [-0.3, -0.25) is 4.79 Å². The van der Waals surface area contributed by atoms with Gasteiger partial charge in [-0.15, -0.1) is 12.4 Å². The first kappa shape index (κ1) is 20.2. The number of hydrogen-bond donors (Lipinski definition) is 2. The highest BCUT2D eigenvalue weighted by Gasteiger charge is 2.22. The molecule has 0 bridgehead atoms. The molecule has 8 heteroatoms. The van der Waals surface area contributed by atoms with Gasteiger partial charge in [0.25, 0.3) is 0 Å². The van der Waals surface area contributed by atoms with Crippen molar-refractivity contribution in [3.63, 3.8) is 0 Å². The quantitative estimate of drug-likeness (QED) is 0.729. The Morgan fingerprint density at radius 2 is 2.00 bits per heavy atom. The van der Waals surface area contributed by atoms with Crippen LogP contribution in [0.2, 0.25) is 0 Å². The minimum atomic E-state index is -0.0868. The predicted octanol–water partition coefficient (Wildman–Crippen LogP) is 3.06. The third-order valence-electron chi connectivity index (χ3n) is 4.29. The second kappa shape index (κ2) is 10.1. The van der Waals surface area contributed by atoms with Crippen molar-refractivity contribution in [1.29, 1.82) is 0 Å². The molecule has 26 heavy (non-hydrogen) atoms. The lowest BCUT2D eigenvalue weighted by Gasteiger charge is -2.07. The fourth-order valence-corrected chi connectivity index (χ4v) is 2.97. The van der Waals surface area contributed by atoms with Crippen LogP contribution in [-0.2, 0) is 11.2 Å². The van der Waals surface area contributed by atoms with Crippen LogP contribution >= 0.6 is 12.4 Å². The number of aromatic nitrogens is 2. The minimum absolute atomic E-state index is 0. The van der Waals surface area contributed by atoms with E-state index in [0.717, 1.165) is 30.1 Å². The molecule has 1 aliphatic carbocycles. The van der Waals surface area contributed by atoms with E-state index in [2.05, 4.69) is 15.5 Å². The average Bonchev–Trinajstić information content (AvgIpc) is 3.30. The lowest BCUT2D eigenvalue weighted by Crippen LogP contribution is -2.13. The molecule has 0 aliphatic heterocycles. The van der Waals surface area contributed by atoms with Gasteiger partial charge in [0.15, 0.2) is 5.82 Å². The highest BCUT2D eigenvalue weighted by molar-refractivity contribution is 5.90. The number of benzene rings is 1. The molecule has 3 rings (SSSR count). The summed E-state index contributed by atoms with van der Waals surface area (Å²) in [6, 6.07) is 7.21. The molecule has 1 aliphatic rings. The summed E-state index contributed by atoms with van der Waals surface area (Å²) in [5.41, 5.74) is 6.12. The summed E-state index contributed by atoms with van der Waals surface area (Å²) in [4.78, 5) is 16.5. The summed E-state index contributed by atoms with van der Waals surface area (Å²) in [5.74, 6) is 2.39. The van der Waals surface area contributed by atoms with E-state index in [1.807, 2.05) is 0 Å². The van der Waals surface area contributed by atoms with Crippen LogP contribution in [0.25, 0.3) is 0 Å². The molecule has 142 valence electrons. The van der Waals surface area contributed by atoms with Gasteiger partial charge in [0.1, 0.15) is 12.4 Å². The highest BCUT2D eigenvalue weighted by Crippen LogP contribution is 2.32. The maximum Gasteiger partial charge on any atom is 0.227 e. The van der Waals surface area contributed by atoms with Gasteiger partial charge in [-0.2, -0.15) is 4.98 Å². The van der Waals surface area contributed by atoms with Crippen LogP contribution in [-0.4, -0.2) is 29.2 Å². The number of carbonyl (C=O) groups excluding carboxylic acids is 1. The van der Waals surface area contributed by atoms with Crippen LogP contribution in [0.1, 0.15) is 49.7 Å². The van der Waals surface area contributed by atoms with Crippen LogP contribution in [0.5, 0.6) is 5.75 Å². The van der Waals surface area contributed by atoms with Gasteiger partial charge in [-0.05, 0) is 37.1 Å². The third-order valence-corrected chi connectivity index (χ3v) is 4.29. The van der Waals surface area contributed by atoms with E-state index in [9.17, 15) is 4.79 Å². The number of aryl methyl sites for hydroxylation is 1. The Hall–Kier alpha value is -2.12. The Labute approximate surface area is 159 Å². The van der Waals surface area contributed by atoms with Gasteiger partial charge in [0.2, 0.25) is 11.8 Å². The van der Waals surface area contributed by atoms with Crippen LogP contribution in [0.15, 0.2) is 28.8 Å². The SMILES string of the molecule is Cl.NCCOc1ccc(NC(=O)CCc2nc(C3CCCC3)no2)cc1. The van der Waals surface area contributed by atoms with Crippen molar-refractivity contribution in [1.82, 2.24) is 10.1 Å². The van der Waals surface area contributed by atoms with Gasteiger partial charge in [-0.1, -0.05) is 18.0 Å². The molecule has 1 saturated carbocycles. The summed E-state index contributed by atoms with van der Waals surface area (Å²) < 4.78 is 10.7. The summed E-state index contributed by atoms with van der Waals surface area (Å²) in [6.07, 6.45) is 5.47. The monoisotopic (exact) mass is 380 g/mol. The largest absolute Gasteiger partial charge is 0.492 e. The van der Waals surface area contributed by atoms with E-state index in [-0.39, 0.29) is 18.3 Å². The summed E-state index contributed by atoms with van der Waals surface area (Å²) >= 11 is 0. The summed E-state index contributed by atoms with van der Waals surface area (Å²) in [5, 5.41) is 6.90. The van der Waals surface area contributed by atoms with Crippen molar-refractivity contribution in [3.8, 4) is 5.75 Å². The van der Waals surface area contributed by atoms with Crippen molar-refractivity contribution in [2.45, 2.75) is 44.4 Å². The topological polar surface area (TPSA) is 103 Å². The van der Waals surface area contributed by atoms with Gasteiger partial charge in [0, 0.05) is 31.0 Å². The van der Waals surface area contributed by atoms with Gasteiger partial charge < -0.3 is 20.3 Å². The Morgan fingerprint density at radius 3 is 2.69 bits per heavy atom. The van der Waals surface area contributed by atoms with E-state index in [1.54, 1.807) is 24.3 Å². The number of nitrogens with zero attached hydrogens (tertiary/aromatic N) is 2. The standard InChI is InChI=1S/C18H24N4O3.ClH/c19-11-12-24-15-7-5-14(6-8-15)20-16(23)9-10-17-21-18(22-25-17)13-3-1-2-4-13;/h5-8,13H,1-4,9-12,19H2,(H,20,23);1H. The molecule has 3 N–H and O–H groups in total. The number of anilines is 1. The molecule has 1 aromatic heterocycles. The van der Waals surface area contributed by atoms with Crippen molar-refractivity contribution in [2.24, 2.45) is 5.73 Å². The van der Waals surface area contributed by atoms with Crippen molar-refractivity contribution < 1.29 is 14.1 Å². The zero-order chi connectivity index (χ0) is 17.5. The molecule has 1 fully saturated rings. The molecule has 1 amide bonds. The molecular formula is C18H25ClN4O3. The normalized spacial score (nSPS) is 14.0. The Kier molecular flexibility index (Phi) is 7.87. The highest BCUT2D eigenvalue weighted by atomic mass is 35.5. The number of halogens is 1. The van der Waals surface area contributed by atoms with Crippen molar-refractivity contribution in [2.75, 3.05) is 18.5 Å². The second-order valence-electron chi connectivity index (χ2n) is 6.24.